The molecule has 0 atom stereocenters. The second-order valence-corrected chi connectivity index (χ2v) is 4.96. The van der Waals surface area contributed by atoms with Crippen molar-refractivity contribution in [2.45, 2.75) is 12.8 Å². The van der Waals surface area contributed by atoms with Gasteiger partial charge < -0.3 is 15.1 Å². The Kier molecular flexibility index (Phi) is 4.12. The van der Waals surface area contributed by atoms with Crippen LogP contribution in [0.2, 0.25) is 0 Å². The van der Waals surface area contributed by atoms with Crippen molar-refractivity contribution >= 4 is 17.7 Å². The van der Waals surface area contributed by atoms with Gasteiger partial charge in [0, 0.05) is 25.8 Å². The van der Waals surface area contributed by atoms with Crippen LogP contribution in [-0.2, 0) is 4.79 Å². The highest BCUT2D eigenvalue weighted by Crippen LogP contribution is 2.22. The molecule has 1 aliphatic rings. The van der Waals surface area contributed by atoms with Gasteiger partial charge in [-0.3, -0.25) is 9.69 Å². The molecule has 0 bridgehead atoms. The number of phenolic OH excluding ortho intramolecular Hbond substituents is 1. The van der Waals surface area contributed by atoms with Crippen LogP contribution in [0.15, 0.2) is 24.3 Å². The highest BCUT2D eigenvalue weighted by atomic mass is 16.4. The number of amides is 2. The Bertz CT molecular complexity index is 492. The molecule has 1 aromatic rings. The molecule has 0 radical (unpaired) electrons. The number of hydrogen-bond donors (Lipinski definition) is 2. The number of rotatable bonds is 2. The Morgan fingerprint density at radius 2 is 1.75 bits per heavy atom. The Hall–Kier alpha value is -2.24. The molecule has 0 aromatic heterocycles. The minimum Gasteiger partial charge on any atom is -0.508 e. The smallest absolute Gasteiger partial charge is 0.324 e. The molecule has 6 nitrogen and oxygen atoms in total. The van der Waals surface area contributed by atoms with Gasteiger partial charge in [0.05, 0.1) is 5.92 Å². The van der Waals surface area contributed by atoms with E-state index >= 15 is 0 Å². The number of aliphatic carboxylic acids is 1. The summed E-state index contributed by atoms with van der Waals surface area (Å²) in [7, 11) is 1.66. The number of benzene rings is 1. The van der Waals surface area contributed by atoms with Gasteiger partial charge in [-0.15, -0.1) is 0 Å². The molecule has 1 heterocycles. The predicted molar refractivity (Wildman–Crippen MR) is 73.8 cm³/mol. The molecule has 1 aromatic carbocycles. The number of carbonyl (C=O) groups excluding carboxylic acids is 1. The van der Waals surface area contributed by atoms with E-state index in [0.29, 0.717) is 31.6 Å². The van der Waals surface area contributed by atoms with Crippen molar-refractivity contribution in [2.24, 2.45) is 5.92 Å². The van der Waals surface area contributed by atoms with Crippen LogP contribution in [0.5, 0.6) is 5.75 Å². The molecule has 0 unspecified atom stereocenters. The van der Waals surface area contributed by atoms with Gasteiger partial charge in [-0.1, -0.05) is 0 Å². The fourth-order valence-electron chi connectivity index (χ4n) is 2.32. The van der Waals surface area contributed by atoms with Gasteiger partial charge in [0.2, 0.25) is 0 Å². The Morgan fingerprint density at radius 3 is 2.25 bits per heavy atom. The fraction of sp³-hybridized carbons (Fsp3) is 0.429. The van der Waals surface area contributed by atoms with E-state index in [1.807, 2.05) is 0 Å². The van der Waals surface area contributed by atoms with Gasteiger partial charge in [-0.25, -0.2) is 4.79 Å². The van der Waals surface area contributed by atoms with E-state index in [2.05, 4.69) is 0 Å². The fourth-order valence-corrected chi connectivity index (χ4v) is 2.32. The number of likely N-dealkylation sites (tertiary alicyclic amines) is 1. The molecule has 1 fully saturated rings. The molecule has 0 spiro atoms. The zero-order valence-electron chi connectivity index (χ0n) is 11.3. The largest absolute Gasteiger partial charge is 0.508 e. The maximum atomic E-state index is 12.3. The summed E-state index contributed by atoms with van der Waals surface area (Å²) in [6.07, 6.45) is 0.981. The molecular formula is C14H18N2O4. The molecule has 2 rings (SSSR count). The summed E-state index contributed by atoms with van der Waals surface area (Å²) in [4.78, 5) is 26.3. The van der Waals surface area contributed by atoms with Crippen LogP contribution in [0.3, 0.4) is 0 Å². The first-order chi connectivity index (χ1) is 9.49. The summed E-state index contributed by atoms with van der Waals surface area (Å²) >= 11 is 0. The van der Waals surface area contributed by atoms with Gasteiger partial charge in [-0.2, -0.15) is 0 Å². The molecule has 108 valence electrons. The number of hydrogen-bond acceptors (Lipinski definition) is 3. The third-order valence-electron chi connectivity index (χ3n) is 3.64. The molecule has 0 aliphatic carbocycles. The van der Waals surface area contributed by atoms with Gasteiger partial charge in [0.1, 0.15) is 5.75 Å². The number of piperidine rings is 1. The summed E-state index contributed by atoms with van der Waals surface area (Å²) in [5, 5.41) is 18.2. The topological polar surface area (TPSA) is 81.1 Å². The third-order valence-corrected chi connectivity index (χ3v) is 3.64. The lowest BCUT2D eigenvalue weighted by Gasteiger charge is -2.33. The quantitative estimate of drug-likeness (QED) is 0.863. The summed E-state index contributed by atoms with van der Waals surface area (Å²) in [6, 6.07) is 6.22. The van der Waals surface area contributed by atoms with Crippen LogP contribution in [0.1, 0.15) is 12.8 Å². The molecule has 1 saturated heterocycles. The van der Waals surface area contributed by atoms with Crippen molar-refractivity contribution < 1.29 is 19.8 Å². The molecule has 2 amide bonds. The third kappa shape index (κ3) is 3.01. The maximum absolute atomic E-state index is 12.3. The van der Waals surface area contributed by atoms with Crippen molar-refractivity contribution in [3.8, 4) is 5.75 Å². The van der Waals surface area contributed by atoms with E-state index < -0.39 is 5.97 Å². The minimum atomic E-state index is -0.788. The number of nitrogens with zero attached hydrogens (tertiary/aromatic N) is 2. The van der Waals surface area contributed by atoms with E-state index in [1.165, 1.54) is 17.0 Å². The first kappa shape index (κ1) is 14.2. The van der Waals surface area contributed by atoms with Crippen LogP contribution >= 0.6 is 0 Å². The normalized spacial score (nSPS) is 15.9. The lowest BCUT2D eigenvalue weighted by molar-refractivity contribution is -0.143. The average molecular weight is 278 g/mol. The number of phenols is 1. The lowest BCUT2D eigenvalue weighted by Crippen LogP contribution is -2.46. The van der Waals surface area contributed by atoms with Gasteiger partial charge in [0.25, 0.3) is 0 Å². The van der Waals surface area contributed by atoms with E-state index in [9.17, 15) is 14.7 Å². The average Bonchev–Trinajstić information content (AvgIpc) is 2.46. The summed E-state index contributed by atoms with van der Waals surface area (Å²) in [6.45, 7) is 0.913. The van der Waals surface area contributed by atoms with Crippen molar-refractivity contribution in [3.63, 3.8) is 0 Å². The number of urea groups is 1. The summed E-state index contributed by atoms with van der Waals surface area (Å²) in [5.41, 5.74) is 0.688. The SMILES string of the molecule is CN(C(=O)N1CCC(C(=O)O)CC1)c1ccc(O)cc1. The Balaban J connectivity index is 1.98. The lowest BCUT2D eigenvalue weighted by atomic mass is 9.97. The number of aromatic hydroxyl groups is 1. The van der Waals surface area contributed by atoms with Crippen molar-refractivity contribution in [1.82, 2.24) is 4.90 Å². The maximum Gasteiger partial charge on any atom is 0.324 e. The molecule has 1 aliphatic heterocycles. The van der Waals surface area contributed by atoms with Crippen LogP contribution in [0.4, 0.5) is 10.5 Å². The number of carboxylic acids is 1. The monoisotopic (exact) mass is 278 g/mol. The van der Waals surface area contributed by atoms with E-state index in [4.69, 9.17) is 5.11 Å². The molecule has 6 heteroatoms. The van der Waals surface area contributed by atoms with Crippen LogP contribution < -0.4 is 4.90 Å². The highest BCUT2D eigenvalue weighted by Gasteiger charge is 2.28. The van der Waals surface area contributed by atoms with Crippen LogP contribution in [0.25, 0.3) is 0 Å². The number of carboxylic acid groups (broad SMARTS) is 1. The second kappa shape index (κ2) is 5.81. The summed E-state index contributed by atoms with van der Waals surface area (Å²) < 4.78 is 0. The summed E-state index contributed by atoms with van der Waals surface area (Å²) in [5.74, 6) is -0.987. The van der Waals surface area contributed by atoms with Gasteiger partial charge >= 0.3 is 12.0 Å². The zero-order valence-corrected chi connectivity index (χ0v) is 11.3. The van der Waals surface area contributed by atoms with Gasteiger partial charge in [-0.05, 0) is 37.1 Å². The second-order valence-electron chi connectivity index (χ2n) is 4.96. The molecule has 2 N–H and O–H groups in total. The first-order valence-electron chi connectivity index (χ1n) is 6.53. The number of anilines is 1. The molecule has 0 saturated carbocycles. The van der Waals surface area contributed by atoms with Crippen molar-refractivity contribution in [2.75, 3.05) is 25.0 Å². The van der Waals surface area contributed by atoms with E-state index in [0.717, 1.165) is 0 Å². The Morgan fingerprint density at radius 1 is 1.20 bits per heavy atom. The standard InChI is InChI=1S/C14H18N2O4/c1-15(11-2-4-12(17)5-3-11)14(20)16-8-6-10(7-9-16)13(18)19/h2-5,10,17H,6-9H2,1H3,(H,18,19). The molecule has 20 heavy (non-hydrogen) atoms. The minimum absolute atomic E-state index is 0.150. The van der Waals surface area contributed by atoms with Gasteiger partial charge in [0.15, 0.2) is 0 Å². The van der Waals surface area contributed by atoms with Crippen molar-refractivity contribution in [3.05, 3.63) is 24.3 Å². The predicted octanol–water partition coefficient (Wildman–Crippen LogP) is 1.75. The molecular weight excluding hydrogens is 260 g/mol. The van der Waals surface area contributed by atoms with Crippen LogP contribution in [0, 0.1) is 5.92 Å². The number of carbonyl (C=O) groups is 2. The van der Waals surface area contributed by atoms with Crippen LogP contribution in [-0.4, -0.2) is 47.3 Å². The zero-order chi connectivity index (χ0) is 14.7. The Labute approximate surface area is 117 Å². The van der Waals surface area contributed by atoms with Crippen molar-refractivity contribution in [1.29, 1.82) is 0 Å². The van der Waals surface area contributed by atoms with E-state index in [1.54, 1.807) is 24.1 Å². The first-order valence-corrected chi connectivity index (χ1v) is 6.53. The highest BCUT2D eigenvalue weighted by molar-refractivity contribution is 5.91. The van der Waals surface area contributed by atoms with E-state index in [-0.39, 0.29) is 17.7 Å².